The van der Waals surface area contributed by atoms with Crippen LogP contribution < -0.4 is 0 Å². The monoisotopic (exact) mass is 276 g/mol. The van der Waals surface area contributed by atoms with E-state index in [1.54, 1.807) is 6.08 Å². The Kier molecular flexibility index (Phi) is 8.40. The summed E-state index contributed by atoms with van der Waals surface area (Å²) in [4.78, 5) is 11.9. The molecule has 0 spiro atoms. The second kappa shape index (κ2) is 10.2. The van der Waals surface area contributed by atoms with Crippen molar-refractivity contribution in [1.29, 1.82) is 0 Å². The Hall–Kier alpha value is -1.61. The first-order valence-electron chi connectivity index (χ1n) is 7.18. The van der Waals surface area contributed by atoms with Gasteiger partial charge in [0.2, 0.25) is 0 Å². The molecule has 1 atom stereocenters. The van der Waals surface area contributed by atoms with Crippen LogP contribution in [0.4, 0.5) is 0 Å². The summed E-state index contributed by atoms with van der Waals surface area (Å²) in [6.07, 6.45) is 7.68. The van der Waals surface area contributed by atoms with Gasteiger partial charge in [-0.2, -0.15) is 0 Å². The highest BCUT2D eigenvalue weighted by atomic mass is 16.6. The summed E-state index contributed by atoms with van der Waals surface area (Å²) in [5.41, 5.74) is 0.975. The van der Waals surface area contributed by atoms with Crippen molar-refractivity contribution in [2.45, 2.75) is 45.3 Å². The van der Waals surface area contributed by atoms with Gasteiger partial charge >= 0.3 is 5.97 Å². The zero-order valence-corrected chi connectivity index (χ0v) is 12.4. The average Bonchev–Trinajstić information content (AvgIpc) is 2.49. The van der Waals surface area contributed by atoms with Gasteiger partial charge in [-0.3, -0.25) is 0 Å². The highest BCUT2D eigenvalue weighted by Crippen LogP contribution is 2.06. The molecule has 1 aromatic rings. The number of hydrogen-bond acceptors (Lipinski definition) is 3. The number of unbranched alkanes of at least 4 members (excludes halogenated alkanes) is 3. The number of esters is 1. The van der Waals surface area contributed by atoms with Gasteiger partial charge in [-0.05, 0) is 24.5 Å². The molecular weight excluding hydrogens is 252 g/mol. The number of ether oxygens (including phenoxy) is 2. The molecule has 3 heteroatoms. The van der Waals surface area contributed by atoms with Crippen LogP contribution >= 0.6 is 0 Å². The van der Waals surface area contributed by atoms with Crippen molar-refractivity contribution in [3.63, 3.8) is 0 Å². The second-order valence-electron chi connectivity index (χ2n) is 4.67. The molecule has 20 heavy (non-hydrogen) atoms. The van der Waals surface area contributed by atoms with Gasteiger partial charge in [-0.1, -0.05) is 56.2 Å². The topological polar surface area (TPSA) is 35.5 Å². The van der Waals surface area contributed by atoms with Crippen LogP contribution in [0.2, 0.25) is 0 Å². The summed E-state index contributed by atoms with van der Waals surface area (Å²) in [5.74, 6) is -0.344. The molecule has 0 heterocycles. The van der Waals surface area contributed by atoms with E-state index in [1.165, 1.54) is 20.0 Å². The Bertz CT molecular complexity index is 398. The normalized spacial score (nSPS) is 12.5. The predicted octanol–water partition coefficient (Wildman–Crippen LogP) is 3.88. The Labute approximate surface area is 121 Å². The number of allylic oxidation sites excluding steroid dienone is 1. The van der Waals surface area contributed by atoms with Crippen LogP contribution in [-0.2, 0) is 20.9 Å². The molecule has 0 N–H and O–H groups in total. The van der Waals surface area contributed by atoms with Crippen LogP contribution in [-0.4, -0.2) is 19.2 Å². The van der Waals surface area contributed by atoms with Gasteiger partial charge < -0.3 is 9.47 Å². The van der Waals surface area contributed by atoms with E-state index < -0.39 is 6.10 Å². The molecule has 110 valence electrons. The molecule has 0 radical (unpaired) electrons. The van der Waals surface area contributed by atoms with Crippen LogP contribution in [0.15, 0.2) is 42.5 Å². The summed E-state index contributed by atoms with van der Waals surface area (Å²) in [6, 6.07) is 9.63. The van der Waals surface area contributed by atoms with Crippen LogP contribution in [0.5, 0.6) is 0 Å². The average molecular weight is 276 g/mol. The maximum absolute atomic E-state index is 11.9. The van der Waals surface area contributed by atoms with E-state index in [-0.39, 0.29) is 12.6 Å². The van der Waals surface area contributed by atoms with Crippen LogP contribution in [0, 0.1) is 0 Å². The summed E-state index contributed by atoms with van der Waals surface area (Å²) in [5, 5.41) is 0. The molecule has 0 saturated carbocycles. The Morgan fingerprint density at radius 2 is 2.00 bits per heavy atom. The third-order valence-electron chi connectivity index (χ3n) is 3.00. The number of methoxy groups -OCH3 is 1. The minimum Gasteiger partial charge on any atom is -0.459 e. The first-order chi connectivity index (χ1) is 9.77. The van der Waals surface area contributed by atoms with Gasteiger partial charge in [0.25, 0.3) is 0 Å². The quantitative estimate of drug-likeness (QED) is 0.390. The fourth-order valence-corrected chi connectivity index (χ4v) is 1.80. The molecule has 1 aromatic carbocycles. The van der Waals surface area contributed by atoms with E-state index >= 15 is 0 Å². The van der Waals surface area contributed by atoms with E-state index in [1.807, 2.05) is 36.4 Å². The predicted molar refractivity (Wildman–Crippen MR) is 80.3 cm³/mol. The maximum atomic E-state index is 11.9. The van der Waals surface area contributed by atoms with Crippen molar-refractivity contribution in [2.75, 3.05) is 7.11 Å². The molecule has 0 bridgehead atoms. The van der Waals surface area contributed by atoms with Crippen LogP contribution in [0.1, 0.15) is 38.2 Å². The molecule has 3 nitrogen and oxygen atoms in total. The minimum atomic E-state index is -0.611. The Balaban J connectivity index is 2.35. The number of hydrogen-bond donors (Lipinski definition) is 0. The maximum Gasteiger partial charge on any atom is 0.339 e. The van der Waals surface area contributed by atoms with Crippen molar-refractivity contribution in [2.24, 2.45) is 0 Å². The lowest BCUT2D eigenvalue weighted by Crippen LogP contribution is -2.23. The van der Waals surface area contributed by atoms with Crippen molar-refractivity contribution >= 4 is 5.97 Å². The van der Waals surface area contributed by atoms with E-state index in [9.17, 15) is 4.79 Å². The van der Waals surface area contributed by atoms with Gasteiger partial charge in [-0.25, -0.2) is 4.79 Å². The highest BCUT2D eigenvalue weighted by Gasteiger charge is 2.15. The summed E-state index contributed by atoms with van der Waals surface area (Å²) in [6.45, 7) is 2.45. The van der Waals surface area contributed by atoms with Gasteiger partial charge in [0, 0.05) is 7.11 Å². The number of carbonyl (C=O) groups excluding carboxylic acids is 1. The molecule has 0 saturated heterocycles. The Morgan fingerprint density at radius 1 is 1.25 bits per heavy atom. The van der Waals surface area contributed by atoms with Gasteiger partial charge in [0.1, 0.15) is 6.61 Å². The largest absolute Gasteiger partial charge is 0.459 e. The second-order valence-corrected chi connectivity index (χ2v) is 4.67. The lowest BCUT2D eigenvalue weighted by molar-refractivity contribution is -0.153. The van der Waals surface area contributed by atoms with E-state index in [0.717, 1.165) is 18.4 Å². The minimum absolute atomic E-state index is 0.281. The SMILES string of the molecule is CCCCC/C=C/C(OC)C(=O)OCc1ccccc1. The number of benzene rings is 1. The fraction of sp³-hybridized carbons (Fsp3) is 0.471. The van der Waals surface area contributed by atoms with Crippen molar-refractivity contribution in [3.05, 3.63) is 48.0 Å². The molecule has 0 aliphatic carbocycles. The molecule has 0 aliphatic heterocycles. The van der Waals surface area contributed by atoms with Crippen LogP contribution in [0.25, 0.3) is 0 Å². The summed E-state index contributed by atoms with van der Waals surface area (Å²) < 4.78 is 10.4. The fourth-order valence-electron chi connectivity index (χ4n) is 1.80. The zero-order valence-electron chi connectivity index (χ0n) is 12.4. The van der Waals surface area contributed by atoms with Crippen molar-refractivity contribution in [3.8, 4) is 0 Å². The van der Waals surface area contributed by atoms with E-state index in [2.05, 4.69) is 6.92 Å². The Morgan fingerprint density at radius 3 is 2.65 bits per heavy atom. The van der Waals surface area contributed by atoms with E-state index in [4.69, 9.17) is 9.47 Å². The highest BCUT2D eigenvalue weighted by molar-refractivity contribution is 5.76. The lowest BCUT2D eigenvalue weighted by atomic mass is 10.2. The molecule has 0 fully saturated rings. The number of carbonyl (C=O) groups is 1. The smallest absolute Gasteiger partial charge is 0.339 e. The molecule has 0 amide bonds. The molecule has 1 rings (SSSR count). The van der Waals surface area contributed by atoms with Crippen LogP contribution in [0.3, 0.4) is 0 Å². The summed E-state index contributed by atoms with van der Waals surface area (Å²) in [7, 11) is 1.52. The van der Waals surface area contributed by atoms with Gasteiger partial charge in [0.15, 0.2) is 6.10 Å². The number of rotatable bonds is 9. The third-order valence-corrected chi connectivity index (χ3v) is 3.00. The van der Waals surface area contributed by atoms with Crippen molar-refractivity contribution < 1.29 is 14.3 Å². The molecule has 0 aliphatic rings. The van der Waals surface area contributed by atoms with E-state index in [0.29, 0.717) is 0 Å². The zero-order chi connectivity index (χ0) is 14.6. The first kappa shape index (κ1) is 16.4. The molecule has 0 aromatic heterocycles. The lowest BCUT2D eigenvalue weighted by Gasteiger charge is -2.11. The molecular formula is C17H24O3. The van der Waals surface area contributed by atoms with Crippen molar-refractivity contribution in [1.82, 2.24) is 0 Å². The standard InChI is InChI=1S/C17H24O3/c1-3-4-5-6-10-13-16(19-2)17(18)20-14-15-11-8-7-9-12-15/h7-13,16H,3-6,14H2,1-2H3/b13-10+. The third kappa shape index (κ3) is 6.53. The van der Waals surface area contributed by atoms with Gasteiger partial charge in [-0.15, -0.1) is 0 Å². The molecule has 1 unspecified atom stereocenters. The summed E-state index contributed by atoms with van der Waals surface area (Å²) >= 11 is 0. The van der Waals surface area contributed by atoms with Gasteiger partial charge in [0.05, 0.1) is 0 Å². The first-order valence-corrected chi connectivity index (χ1v) is 7.18.